The number of nitrogens with one attached hydrogen (secondary N) is 1. The molecule has 8 heteroatoms. The quantitative estimate of drug-likeness (QED) is 0.354. The Kier molecular flexibility index (Phi) is 10.7. The lowest BCUT2D eigenvalue weighted by Gasteiger charge is -2.34. The molecule has 0 bridgehead atoms. The first-order valence-corrected chi connectivity index (χ1v) is 8.60. The molecule has 6 nitrogen and oxygen atoms in total. The maximum Gasteiger partial charge on any atom is 0.188 e. The van der Waals surface area contributed by atoms with E-state index in [2.05, 4.69) is 27.3 Å². The van der Waals surface area contributed by atoms with E-state index in [1.165, 1.54) is 5.56 Å². The van der Waals surface area contributed by atoms with Crippen LogP contribution in [0.1, 0.15) is 18.5 Å². The van der Waals surface area contributed by atoms with Crippen LogP contribution in [0.4, 0.5) is 0 Å². The number of nitrogens with zero attached hydrogens (tertiary/aromatic N) is 2. The summed E-state index contributed by atoms with van der Waals surface area (Å²) in [6.45, 7) is 6.43. The van der Waals surface area contributed by atoms with Crippen LogP contribution in [0.25, 0.3) is 0 Å². The highest BCUT2D eigenvalue weighted by atomic mass is 127. The van der Waals surface area contributed by atoms with Gasteiger partial charge in [0.1, 0.15) is 0 Å². The van der Waals surface area contributed by atoms with E-state index >= 15 is 0 Å². The topological polar surface area (TPSA) is 72.1 Å². The van der Waals surface area contributed by atoms with Crippen molar-refractivity contribution in [3.8, 4) is 0 Å². The van der Waals surface area contributed by atoms with E-state index in [9.17, 15) is 0 Å². The number of hydrogen-bond acceptors (Lipinski definition) is 4. The van der Waals surface area contributed by atoms with Crippen molar-refractivity contribution < 1.29 is 9.47 Å². The number of guanidine groups is 1. The van der Waals surface area contributed by atoms with Crippen molar-refractivity contribution in [2.24, 2.45) is 10.7 Å². The van der Waals surface area contributed by atoms with Crippen LogP contribution in [0.3, 0.4) is 0 Å². The SMILES string of the molecule is COCC(C)NC(N)=NCC(c1ccc(Cl)cc1)N1CCOCC1.I. The van der Waals surface area contributed by atoms with Gasteiger partial charge in [-0.05, 0) is 24.6 Å². The molecular formula is C17H28ClIN4O2. The number of aliphatic imine (C=N–C) groups is 1. The zero-order valence-corrected chi connectivity index (χ0v) is 17.9. The van der Waals surface area contributed by atoms with Gasteiger partial charge in [0.05, 0.1) is 32.4 Å². The first kappa shape index (κ1) is 22.4. The van der Waals surface area contributed by atoms with Crippen molar-refractivity contribution in [3.05, 3.63) is 34.9 Å². The highest BCUT2D eigenvalue weighted by Gasteiger charge is 2.22. The first-order valence-electron chi connectivity index (χ1n) is 8.22. The van der Waals surface area contributed by atoms with Gasteiger partial charge < -0.3 is 20.5 Å². The van der Waals surface area contributed by atoms with Crippen LogP contribution >= 0.6 is 35.6 Å². The van der Waals surface area contributed by atoms with E-state index < -0.39 is 0 Å². The van der Waals surface area contributed by atoms with Gasteiger partial charge >= 0.3 is 0 Å². The Balaban J connectivity index is 0.00000312. The normalized spacial score (nSPS) is 18.3. The number of ether oxygens (including phenoxy) is 2. The summed E-state index contributed by atoms with van der Waals surface area (Å²) >= 11 is 6.01. The van der Waals surface area contributed by atoms with Crippen molar-refractivity contribution in [1.29, 1.82) is 0 Å². The summed E-state index contributed by atoms with van der Waals surface area (Å²) in [4.78, 5) is 6.91. The molecule has 0 spiro atoms. The van der Waals surface area contributed by atoms with E-state index in [-0.39, 0.29) is 36.1 Å². The minimum atomic E-state index is 0. The van der Waals surface area contributed by atoms with Crippen molar-refractivity contribution >= 4 is 41.5 Å². The number of hydrogen-bond donors (Lipinski definition) is 2. The number of benzene rings is 1. The molecule has 0 radical (unpaired) electrons. The molecule has 25 heavy (non-hydrogen) atoms. The molecule has 1 heterocycles. The second-order valence-electron chi connectivity index (χ2n) is 5.94. The summed E-state index contributed by atoms with van der Waals surface area (Å²) < 4.78 is 10.6. The lowest BCUT2D eigenvalue weighted by atomic mass is 10.0. The molecule has 1 aromatic carbocycles. The van der Waals surface area contributed by atoms with Gasteiger partial charge in [0.25, 0.3) is 0 Å². The summed E-state index contributed by atoms with van der Waals surface area (Å²) in [6.07, 6.45) is 0. The fraction of sp³-hybridized carbons (Fsp3) is 0.588. The average molecular weight is 483 g/mol. The fourth-order valence-electron chi connectivity index (χ4n) is 2.78. The zero-order valence-electron chi connectivity index (χ0n) is 14.8. The summed E-state index contributed by atoms with van der Waals surface area (Å²) in [7, 11) is 1.67. The van der Waals surface area contributed by atoms with Gasteiger partial charge in [-0.15, -0.1) is 24.0 Å². The number of methoxy groups -OCH3 is 1. The molecule has 0 aliphatic carbocycles. The second-order valence-corrected chi connectivity index (χ2v) is 6.38. The first-order chi connectivity index (χ1) is 11.6. The lowest BCUT2D eigenvalue weighted by Crippen LogP contribution is -2.43. The summed E-state index contributed by atoms with van der Waals surface area (Å²) in [5.74, 6) is 0.437. The van der Waals surface area contributed by atoms with Crippen LogP contribution in [-0.2, 0) is 9.47 Å². The molecule has 2 unspecified atom stereocenters. The molecule has 2 atom stereocenters. The maximum atomic E-state index is 6.01. The summed E-state index contributed by atoms with van der Waals surface area (Å²) in [5.41, 5.74) is 7.19. The van der Waals surface area contributed by atoms with Gasteiger partial charge in [-0.25, -0.2) is 0 Å². The average Bonchev–Trinajstić information content (AvgIpc) is 2.57. The van der Waals surface area contributed by atoms with Crippen molar-refractivity contribution in [2.45, 2.75) is 19.0 Å². The minimum Gasteiger partial charge on any atom is -0.383 e. The van der Waals surface area contributed by atoms with Crippen LogP contribution in [0.2, 0.25) is 5.02 Å². The molecule has 1 aliphatic rings. The van der Waals surface area contributed by atoms with E-state index in [1.54, 1.807) is 7.11 Å². The van der Waals surface area contributed by atoms with Gasteiger partial charge in [0, 0.05) is 31.3 Å². The number of rotatable bonds is 7. The summed E-state index contributed by atoms with van der Waals surface area (Å²) in [6, 6.07) is 8.21. The van der Waals surface area contributed by atoms with Gasteiger partial charge in [0.15, 0.2) is 5.96 Å². The summed E-state index contributed by atoms with van der Waals surface area (Å²) in [5, 5.41) is 3.87. The molecular weight excluding hydrogens is 455 g/mol. The Labute approximate surface area is 172 Å². The molecule has 142 valence electrons. The lowest BCUT2D eigenvalue weighted by molar-refractivity contribution is 0.0180. The standard InChI is InChI=1S/C17H27ClN4O2.HI/c1-13(12-23-2)21-17(19)20-11-16(22-7-9-24-10-8-22)14-3-5-15(18)6-4-14;/h3-6,13,16H,7-12H2,1-2H3,(H3,19,20,21);1H. The number of halogens is 2. The highest BCUT2D eigenvalue weighted by molar-refractivity contribution is 14.0. The Hall–Kier alpha value is -0.610. The molecule has 0 saturated carbocycles. The fourth-order valence-corrected chi connectivity index (χ4v) is 2.91. The van der Waals surface area contributed by atoms with Crippen LogP contribution in [-0.4, -0.2) is 63.5 Å². The number of morpholine rings is 1. The van der Waals surface area contributed by atoms with E-state index in [1.807, 2.05) is 19.1 Å². The monoisotopic (exact) mass is 482 g/mol. The number of nitrogens with two attached hydrogens (primary N) is 1. The van der Waals surface area contributed by atoms with Gasteiger partial charge in [-0.3, -0.25) is 9.89 Å². The molecule has 0 amide bonds. The third-order valence-corrected chi connectivity index (χ3v) is 4.24. The Morgan fingerprint density at radius 2 is 2.00 bits per heavy atom. The smallest absolute Gasteiger partial charge is 0.188 e. The molecule has 1 aliphatic heterocycles. The van der Waals surface area contributed by atoms with Crippen LogP contribution in [0, 0.1) is 0 Å². The third-order valence-electron chi connectivity index (χ3n) is 3.99. The van der Waals surface area contributed by atoms with Crippen LogP contribution < -0.4 is 11.1 Å². The zero-order chi connectivity index (χ0) is 17.4. The molecule has 1 saturated heterocycles. The Bertz CT molecular complexity index is 524. The molecule has 0 aromatic heterocycles. The third kappa shape index (κ3) is 7.65. The van der Waals surface area contributed by atoms with E-state index in [0.717, 1.165) is 31.3 Å². The molecule has 1 fully saturated rings. The molecule has 3 N–H and O–H groups in total. The maximum absolute atomic E-state index is 6.01. The Morgan fingerprint density at radius 1 is 1.36 bits per heavy atom. The van der Waals surface area contributed by atoms with Crippen LogP contribution in [0.15, 0.2) is 29.3 Å². The van der Waals surface area contributed by atoms with Gasteiger partial charge in [-0.1, -0.05) is 23.7 Å². The largest absolute Gasteiger partial charge is 0.383 e. The Morgan fingerprint density at radius 3 is 2.60 bits per heavy atom. The van der Waals surface area contributed by atoms with E-state index in [4.69, 9.17) is 26.8 Å². The predicted octanol–water partition coefficient (Wildman–Crippen LogP) is 2.27. The van der Waals surface area contributed by atoms with Gasteiger partial charge in [-0.2, -0.15) is 0 Å². The molecule has 2 rings (SSSR count). The second kappa shape index (κ2) is 11.9. The van der Waals surface area contributed by atoms with Crippen LogP contribution in [0.5, 0.6) is 0 Å². The van der Waals surface area contributed by atoms with Crippen molar-refractivity contribution in [1.82, 2.24) is 10.2 Å². The van der Waals surface area contributed by atoms with E-state index in [0.29, 0.717) is 19.1 Å². The van der Waals surface area contributed by atoms with Crippen molar-refractivity contribution in [2.75, 3.05) is 46.6 Å². The highest BCUT2D eigenvalue weighted by Crippen LogP contribution is 2.23. The predicted molar refractivity (Wildman–Crippen MR) is 113 cm³/mol. The minimum absolute atomic E-state index is 0. The van der Waals surface area contributed by atoms with Gasteiger partial charge in [0.2, 0.25) is 0 Å². The molecule has 1 aromatic rings. The van der Waals surface area contributed by atoms with Crippen molar-refractivity contribution in [3.63, 3.8) is 0 Å².